The minimum Gasteiger partial charge on any atom is -0.465 e. The van der Waals surface area contributed by atoms with E-state index in [9.17, 15) is 19.2 Å². The number of imide groups is 1. The fourth-order valence-corrected chi connectivity index (χ4v) is 3.84. The van der Waals surface area contributed by atoms with Crippen LogP contribution in [0.4, 0.5) is 10.5 Å². The monoisotopic (exact) mass is 443 g/mol. The molecular weight excluding hydrogens is 422 g/mol. The number of nitrogens with zero attached hydrogens (tertiary/aromatic N) is 1. The van der Waals surface area contributed by atoms with Crippen molar-refractivity contribution < 1.29 is 23.9 Å². The summed E-state index contributed by atoms with van der Waals surface area (Å²) in [5, 5.41) is 5.41. The van der Waals surface area contributed by atoms with Crippen LogP contribution in [0.2, 0.25) is 0 Å². The Morgan fingerprint density at radius 3 is 2.09 bits per heavy atom. The van der Waals surface area contributed by atoms with Crippen LogP contribution in [-0.4, -0.2) is 42.4 Å². The van der Waals surface area contributed by atoms with Crippen molar-refractivity contribution in [3.63, 3.8) is 0 Å². The van der Waals surface area contributed by atoms with Gasteiger partial charge in [-0.3, -0.25) is 14.5 Å². The number of benzene rings is 3. The van der Waals surface area contributed by atoms with E-state index in [1.54, 1.807) is 66.7 Å². The average Bonchev–Trinajstić information content (AvgIpc) is 3.10. The Kier molecular flexibility index (Phi) is 5.91. The number of urea groups is 1. The third kappa shape index (κ3) is 4.06. The van der Waals surface area contributed by atoms with Gasteiger partial charge in [-0.25, -0.2) is 9.59 Å². The van der Waals surface area contributed by atoms with Crippen LogP contribution in [-0.2, 0) is 19.9 Å². The number of carbonyl (C=O) groups excluding carboxylic acids is 4. The second-order valence-electron chi connectivity index (χ2n) is 7.42. The molecule has 4 rings (SSSR count). The smallest absolute Gasteiger partial charge is 0.337 e. The summed E-state index contributed by atoms with van der Waals surface area (Å²) in [4.78, 5) is 51.8. The molecule has 0 aliphatic carbocycles. The number of rotatable bonds is 6. The predicted molar refractivity (Wildman–Crippen MR) is 120 cm³/mol. The zero-order valence-corrected chi connectivity index (χ0v) is 17.8. The number of ether oxygens (including phenoxy) is 1. The lowest BCUT2D eigenvalue weighted by Gasteiger charge is -2.28. The molecule has 0 radical (unpaired) electrons. The van der Waals surface area contributed by atoms with Crippen LogP contribution in [0.15, 0.2) is 84.9 Å². The van der Waals surface area contributed by atoms with Gasteiger partial charge in [0.05, 0.1) is 12.7 Å². The highest BCUT2D eigenvalue weighted by Crippen LogP contribution is 2.35. The van der Waals surface area contributed by atoms with Crippen molar-refractivity contribution in [3.8, 4) is 0 Å². The molecule has 1 fully saturated rings. The summed E-state index contributed by atoms with van der Waals surface area (Å²) in [5.41, 5.74) is 0.335. The van der Waals surface area contributed by atoms with Crippen molar-refractivity contribution >= 4 is 29.5 Å². The molecule has 166 valence electrons. The first-order valence-electron chi connectivity index (χ1n) is 10.2. The van der Waals surface area contributed by atoms with Crippen molar-refractivity contribution in [3.05, 3.63) is 102 Å². The normalized spacial score (nSPS) is 14.5. The lowest BCUT2D eigenvalue weighted by atomic mass is 9.82. The Morgan fingerprint density at radius 2 is 1.52 bits per heavy atom. The average molecular weight is 443 g/mol. The number of hydrogen-bond donors (Lipinski definition) is 2. The Bertz CT molecular complexity index is 1170. The molecule has 0 spiro atoms. The first kappa shape index (κ1) is 21.8. The van der Waals surface area contributed by atoms with E-state index >= 15 is 0 Å². The second kappa shape index (κ2) is 8.96. The molecule has 1 aliphatic heterocycles. The van der Waals surface area contributed by atoms with Crippen molar-refractivity contribution in [2.75, 3.05) is 19.0 Å². The van der Waals surface area contributed by atoms with Crippen LogP contribution < -0.4 is 10.6 Å². The van der Waals surface area contributed by atoms with E-state index in [0.717, 1.165) is 4.90 Å². The minimum atomic E-state index is -1.44. The van der Waals surface area contributed by atoms with Gasteiger partial charge >= 0.3 is 12.0 Å². The number of hydrogen-bond acceptors (Lipinski definition) is 5. The highest BCUT2D eigenvalue weighted by Gasteiger charge is 2.54. The molecule has 0 bridgehead atoms. The van der Waals surface area contributed by atoms with Gasteiger partial charge in [0.15, 0.2) is 5.54 Å². The van der Waals surface area contributed by atoms with E-state index in [0.29, 0.717) is 16.8 Å². The maximum Gasteiger partial charge on any atom is 0.337 e. The van der Waals surface area contributed by atoms with Crippen LogP contribution in [0.1, 0.15) is 21.5 Å². The van der Waals surface area contributed by atoms with Crippen LogP contribution in [0, 0.1) is 0 Å². The largest absolute Gasteiger partial charge is 0.465 e. The zero-order valence-electron chi connectivity index (χ0n) is 17.8. The van der Waals surface area contributed by atoms with Crippen molar-refractivity contribution in [1.82, 2.24) is 10.2 Å². The van der Waals surface area contributed by atoms with Crippen LogP contribution in [0.25, 0.3) is 0 Å². The Balaban J connectivity index is 1.60. The molecule has 0 atom stereocenters. The highest BCUT2D eigenvalue weighted by molar-refractivity contribution is 6.12. The molecule has 3 aromatic carbocycles. The molecule has 0 saturated carbocycles. The number of anilines is 1. The fraction of sp³-hybridized carbons (Fsp3) is 0.120. The molecular formula is C25H21N3O5. The number of amides is 4. The van der Waals surface area contributed by atoms with Crippen molar-refractivity contribution in [2.45, 2.75) is 5.54 Å². The Hall–Kier alpha value is -4.46. The van der Waals surface area contributed by atoms with Gasteiger partial charge in [-0.05, 0) is 29.3 Å². The van der Waals surface area contributed by atoms with Crippen LogP contribution >= 0.6 is 0 Å². The van der Waals surface area contributed by atoms with Gasteiger partial charge in [0.25, 0.3) is 5.91 Å². The molecule has 8 heteroatoms. The maximum absolute atomic E-state index is 13.6. The summed E-state index contributed by atoms with van der Waals surface area (Å²) in [7, 11) is 1.26. The van der Waals surface area contributed by atoms with Gasteiger partial charge in [-0.2, -0.15) is 0 Å². The van der Waals surface area contributed by atoms with Crippen LogP contribution in [0.5, 0.6) is 0 Å². The van der Waals surface area contributed by atoms with Gasteiger partial charge in [-0.15, -0.1) is 0 Å². The lowest BCUT2D eigenvalue weighted by Crippen LogP contribution is -2.45. The summed E-state index contributed by atoms with van der Waals surface area (Å²) < 4.78 is 4.68. The van der Waals surface area contributed by atoms with E-state index in [4.69, 9.17) is 0 Å². The zero-order chi connectivity index (χ0) is 23.4. The van der Waals surface area contributed by atoms with Gasteiger partial charge in [-0.1, -0.05) is 66.7 Å². The summed E-state index contributed by atoms with van der Waals surface area (Å²) in [6.45, 7) is -0.492. The summed E-state index contributed by atoms with van der Waals surface area (Å²) in [6.07, 6.45) is 0. The second-order valence-corrected chi connectivity index (χ2v) is 7.42. The van der Waals surface area contributed by atoms with E-state index in [1.807, 2.05) is 12.1 Å². The maximum atomic E-state index is 13.6. The molecule has 1 heterocycles. The van der Waals surface area contributed by atoms with E-state index in [-0.39, 0.29) is 5.56 Å². The fourth-order valence-electron chi connectivity index (χ4n) is 3.84. The molecule has 8 nitrogen and oxygen atoms in total. The predicted octanol–water partition coefficient (Wildman–Crippen LogP) is 2.91. The SMILES string of the molecule is COC(=O)c1cccc(NC(=O)CN2C(=O)NC(c3ccccc3)(c3ccccc3)C2=O)c1. The standard InChI is InChI=1S/C25H21N3O5/c1-33-22(30)17-9-8-14-20(15-17)26-21(29)16-28-23(31)25(27-24(28)32,18-10-4-2-5-11-18)19-12-6-3-7-13-19/h2-15H,16H2,1H3,(H,26,29)(H,27,32). The molecule has 1 saturated heterocycles. The van der Waals surface area contributed by atoms with E-state index < -0.39 is 35.9 Å². The van der Waals surface area contributed by atoms with Crippen molar-refractivity contribution in [2.24, 2.45) is 0 Å². The number of carbonyl (C=O) groups is 4. The van der Waals surface area contributed by atoms with E-state index in [2.05, 4.69) is 15.4 Å². The molecule has 0 aromatic heterocycles. The Morgan fingerprint density at radius 1 is 0.909 bits per heavy atom. The minimum absolute atomic E-state index is 0.262. The summed E-state index contributed by atoms with van der Waals surface area (Å²) >= 11 is 0. The lowest BCUT2D eigenvalue weighted by molar-refractivity contribution is -0.133. The molecule has 3 aromatic rings. The first-order valence-corrected chi connectivity index (χ1v) is 10.2. The third-order valence-electron chi connectivity index (χ3n) is 5.39. The summed E-state index contributed by atoms with van der Waals surface area (Å²) in [5.74, 6) is -1.68. The number of esters is 1. The van der Waals surface area contributed by atoms with Gasteiger partial charge in [0, 0.05) is 5.69 Å². The van der Waals surface area contributed by atoms with E-state index in [1.165, 1.54) is 13.2 Å². The number of nitrogens with one attached hydrogen (secondary N) is 2. The van der Waals surface area contributed by atoms with Gasteiger partial charge < -0.3 is 15.4 Å². The Labute approximate surface area is 190 Å². The summed E-state index contributed by atoms with van der Waals surface area (Å²) in [6, 6.07) is 23.3. The topological polar surface area (TPSA) is 105 Å². The highest BCUT2D eigenvalue weighted by atomic mass is 16.5. The number of methoxy groups -OCH3 is 1. The molecule has 1 aliphatic rings. The quantitative estimate of drug-likeness (QED) is 0.450. The third-order valence-corrected chi connectivity index (χ3v) is 5.39. The van der Waals surface area contributed by atoms with Crippen molar-refractivity contribution in [1.29, 1.82) is 0 Å². The molecule has 4 amide bonds. The molecule has 2 N–H and O–H groups in total. The van der Waals surface area contributed by atoms with Gasteiger partial charge in [0.1, 0.15) is 6.54 Å². The molecule has 33 heavy (non-hydrogen) atoms. The first-order chi connectivity index (χ1) is 16.0. The van der Waals surface area contributed by atoms with Gasteiger partial charge in [0.2, 0.25) is 5.91 Å². The van der Waals surface area contributed by atoms with Crippen LogP contribution in [0.3, 0.4) is 0 Å². The molecule has 0 unspecified atom stereocenters.